The van der Waals surface area contributed by atoms with Gasteiger partial charge in [-0.15, -0.1) is 0 Å². The Hall–Kier alpha value is -0.410. The minimum atomic E-state index is -0.519. The van der Waals surface area contributed by atoms with E-state index in [9.17, 15) is 5.11 Å². The lowest BCUT2D eigenvalue weighted by atomic mass is 10.0. The lowest BCUT2D eigenvalue weighted by molar-refractivity contribution is -0.262. The fourth-order valence-electron chi connectivity index (χ4n) is 2.27. The van der Waals surface area contributed by atoms with Crippen molar-refractivity contribution in [3.05, 3.63) is 29.8 Å². The fourth-order valence-corrected chi connectivity index (χ4v) is 3.06. The molecule has 6 heteroatoms. The molecule has 1 saturated heterocycles. The van der Waals surface area contributed by atoms with Crippen LogP contribution in [0.2, 0.25) is 0 Å². The summed E-state index contributed by atoms with van der Waals surface area (Å²) in [6, 6.07) is 7.69. The number of hydrogen-bond donors (Lipinski definition) is 1. The number of benzene rings is 1. The molecule has 0 saturated carbocycles. The summed E-state index contributed by atoms with van der Waals surface area (Å²) in [5.41, 5.74) is 1.04. The topological polar surface area (TPSA) is 57.2 Å². The Morgan fingerprint density at radius 3 is 2.57 bits per heavy atom. The van der Waals surface area contributed by atoms with Crippen LogP contribution in [0.1, 0.15) is 12.0 Å². The quantitative estimate of drug-likeness (QED) is 0.578. The summed E-state index contributed by atoms with van der Waals surface area (Å²) in [6.07, 6.45) is -0.911. The van der Waals surface area contributed by atoms with Gasteiger partial charge in [-0.25, -0.2) is 0 Å². The van der Waals surface area contributed by atoms with Crippen LogP contribution in [0.4, 0.5) is 0 Å². The molecule has 0 radical (unpaired) electrons. The number of aliphatic hydroxyl groups is 1. The van der Waals surface area contributed by atoms with E-state index >= 15 is 0 Å². The number of halogens is 1. The Labute approximate surface area is 138 Å². The number of aliphatic hydroxyl groups excluding tert-OH is 1. The third-order valence-electron chi connectivity index (χ3n) is 3.52. The summed E-state index contributed by atoms with van der Waals surface area (Å²) in [5.74, 6) is 0.815. The van der Waals surface area contributed by atoms with Crippen molar-refractivity contribution >= 4 is 22.6 Å². The highest BCUT2D eigenvalue weighted by molar-refractivity contribution is 14.1. The van der Waals surface area contributed by atoms with E-state index in [1.807, 2.05) is 24.3 Å². The van der Waals surface area contributed by atoms with Gasteiger partial charge in [0.05, 0.1) is 25.9 Å². The summed E-state index contributed by atoms with van der Waals surface area (Å²) in [7, 11) is 3.23. The average molecular weight is 408 g/mol. The van der Waals surface area contributed by atoms with Crippen molar-refractivity contribution in [3.8, 4) is 5.75 Å². The predicted molar refractivity (Wildman–Crippen MR) is 86.8 cm³/mol. The summed E-state index contributed by atoms with van der Waals surface area (Å²) >= 11 is 2.20. The molecule has 1 fully saturated rings. The van der Waals surface area contributed by atoms with Crippen molar-refractivity contribution in [2.24, 2.45) is 0 Å². The number of ether oxygens (including phenoxy) is 4. The Balaban J connectivity index is 1.91. The van der Waals surface area contributed by atoms with Crippen LogP contribution < -0.4 is 4.74 Å². The molecule has 0 spiro atoms. The minimum absolute atomic E-state index is 0.198. The highest BCUT2D eigenvalue weighted by atomic mass is 127. The zero-order valence-electron chi connectivity index (χ0n) is 12.2. The third-order valence-corrected chi connectivity index (χ3v) is 4.39. The molecule has 1 aliphatic rings. The maximum atomic E-state index is 10.0. The Morgan fingerprint density at radius 2 is 2.00 bits per heavy atom. The summed E-state index contributed by atoms with van der Waals surface area (Å²) < 4.78 is 22.7. The lowest BCUT2D eigenvalue weighted by Gasteiger charge is -2.37. The van der Waals surface area contributed by atoms with Crippen LogP contribution in [0.5, 0.6) is 5.75 Å². The summed E-state index contributed by atoms with van der Waals surface area (Å²) in [6.45, 7) is 0.444. The SMILES string of the molecule is COc1ccc(CO[C@H]2C[C@H](O)[C@@H](CI)O[C@@H]2OC)cc1. The molecule has 4 atom stereocenters. The van der Waals surface area contributed by atoms with E-state index < -0.39 is 12.4 Å². The zero-order valence-corrected chi connectivity index (χ0v) is 14.4. The van der Waals surface area contributed by atoms with Gasteiger partial charge in [0.15, 0.2) is 6.29 Å². The van der Waals surface area contributed by atoms with Crippen LogP contribution >= 0.6 is 22.6 Å². The molecule has 0 aliphatic carbocycles. The van der Waals surface area contributed by atoms with Crippen molar-refractivity contribution in [2.75, 3.05) is 18.6 Å². The van der Waals surface area contributed by atoms with Gasteiger partial charge in [0.2, 0.25) is 0 Å². The maximum absolute atomic E-state index is 10.0. The normalized spacial score (nSPS) is 29.3. The number of methoxy groups -OCH3 is 2. The first-order valence-corrected chi connectivity index (χ1v) is 8.37. The molecular weight excluding hydrogens is 387 g/mol. The summed E-state index contributed by atoms with van der Waals surface area (Å²) in [4.78, 5) is 0. The first kappa shape index (κ1) is 17.0. The van der Waals surface area contributed by atoms with E-state index in [0.717, 1.165) is 15.7 Å². The first-order chi connectivity index (χ1) is 10.2. The van der Waals surface area contributed by atoms with E-state index in [1.165, 1.54) is 0 Å². The maximum Gasteiger partial charge on any atom is 0.183 e. The number of rotatable bonds is 6. The van der Waals surface area contributed by atoms with E-state index in [2.05, 4.69) is 22.6 Å². The van der Waals surface area contributed by atoms with Crippen molar-refractivity contribution in [1.82, 2.24) is 0 Å². The van der Waals surface area contributed by atoms with Gasteiger partial charge in [-0.3, -0.25) is 0 Å². The van der Waals surface area contributed by atoms with Crippen molar-refractivity contribution in [2.45, 2.75) is 37.6 Å². The second-order valence-corrected chi connectivity index (χ2v) is 5.81. The van der Waals surface area contributed by atoms with Gasteiger partial charge in [-0.2, -0.15) is 0 Å². The zero-order chi connectivity index (χ0) is 15.2. The van der Waals surface area contributed by atoms with Gasteiger partial charge in [0, 0.05) is 18.0 Å². The molecule has 21 heavy (non-hydrogen) atoms. The molecule has 1 heterocycles. The molecule has 1 N–H and O–H groups in total. The third kappa shape index (κ3) is 4.53. The smallest absolute Gasteiger partial charge is 0.183 e. The fraction of sp³-hybridized carbons (Fsp3) is 0.600. The molecule has 0 unspecified atom stereocenters. The molecule has 1 aliphatic heterocycles. The molecule has 2 rings (SSSR count). The second-order valence-electron chi connectivity index (χ2n) is 4.93. The number of hydrogen-bond acceptors (Lipinski definition) is 5. The molecule has 1 aromatic carbocycles. The van der Waals surface area contributed by atoms with Crippen LogP contribution in [0.25, 0.3) is 0 Å². The van der Waals surface area contributed by atoms with E-state index in [1.54, 1.807) is 14.2 Å². The molecule has 118 valence electrons. The Kier molecular flexibility index (Phi) is 6.69. The van der Waals surface area contributed by atoms with E-state index in [0.29, 0.717) is 13.0 Å². The molecule has 5 nitrogen and oxygen atoms in total. The highest BCUT2D eigenvalue weighted by Crippen LogP contribution is 2.25. The molecular formula is C15H21IO5. The van der Waals surface area contributed by atoms with Crippen LogP contribution in [0, 0.1) is 0 Å². The molecule has 1 aromatic rings. The Morgan fingerprint density at radius 1 is 1.29 bits per heavy atom. The first-order valence-electron chi connectivity index (χ1n) is 6.84. The van der Waals surface area contributed by atoms with Crippen molar-refractivity contribution < 1.29 is 24.1 Å². The molecule has 0 amide bonds. The van der Waals surface area contributed by atoms with E-state index in [4.69, 9.17) is 18.9 Å². The van der Waals surface area contributed by atoms with Crippen LogP contribution in [-0.4, -0.2) is 48.4 Å². The van der Waals surface area contributed by atoms with Crippen molar-refractivity contribution in [3.63, 3.8) is 0 Å². The predicted octanol–water partition coefficient (Wildman–Crippen LogP) is 2.14. The van der Waals surface area contributed by atoms with Gasteiger partial charge in [-0.05, 0) is 17.7 Å². The van der Waals surface area contributed by atoms with Gasteiger partial charge in [0.25, 0.3) is 0 Å². The van der Waals surface area contributed by atoms with Crippen molar-refractivity contribution in [1.29, 1.82) is 0 Å². The number of alkyl halides is 1. The second kappa shape index (κ2) is 8.28. The van der Waals surface area contributed by atoms with Gasteiger partial charge >= 0.3 is 0 Å². The molecule has 0 aromatic heterocycles. The van der Waals surface area contributed by atoms with Gasteiger partial charge in [-0.1, -0.05) is 34.7 Å². The summed E-state index contributed by atoms with van der Waals surface area (Å²) in [5, 5.41) is 10.0. The van der Waals surface area contributed by atoms with Crippen LogP contribution in [0.3, 0.4) is 0 Å². The largest absolute Gasteiger partial charge is 0.497 e. The minimum Gasteiger partial charge on any atom is -0.497 e. The standard InChI is InChI=1S/C15H21IO5/c1-18-11-5-3-10(4-6-11)9-20-13-7-12(17)14(8-16)21-15(13)19-2/h3-6,12-15,17H,7-9H2,1-2H3/t12-,13-,14+,15-/m0/s1. The highest BCUT2D eigenvalue weighted by Gasteiger charge is 2.37. The van der Waals surface area contributed by atoms with E-state index in [-0.39, 0.29) is 12.2 Å². The van der Waals surface area contributed by atoms with Gasteiger partial charge in [0.1, 0.15) is 11.9 Å². The molecule has 0 bridgehead atoms. The monoisotopic (exact) mass is 408 g/mol. The van der Waals surface area contributed by atoms with Gasteiger partial charge < -0.3 is 24.1 Å². The van der Waals surface area contributed by atoms with Crippen LogP contribution in [0.15, 0.2) is 24.3 Å². The van der Waals surface area contributed by atoms with Crippen LogP contribution in [-0.2, 0) is 20.8 Å². The lowest BCUT2D eigenvalue weighted by Crippen LogP contribution is -2.49. The Bertz CT molecular complexity index is 425. The average Bonchev–Trinajstić information content (AvgIpc) is 2.53.